The molecule has 1 unspecified atom stereocenters. The van der Waals surface area contributed by atoms with Gasteiger partial charge in [0.1, 0.15) is 11.9 Å². The van der Waals surface area contributed by atoms with Crippen molar-refractivity contribution in [3.63, 3.8) is 0 Å². The molecule has 14 heteroatoms. The highest BCUT2D eigenvalue weighted by Crippen LogP contribution is 2.53. The van der Waals surface area contributed by atoms with Crippen molar-refractivity contribution in [2.45, 2.75) is 51.0 Å². The van der Waals surface area contributed by atoms with E-state index in [1.807, 2.05) is 13.0 Å². The molecule has 6 nitrogen and oxygen atoms in total. The first-order valence-corrected chi connectivity index (χ1v) is 13.5. The number of alkyl halides is 6. The average Bonchev–Trinajstić information content (AvgIpc) is 3.32. The van der Waals surface area contributed by atoms with Crippen molar-refractivity contribution in [3.8, 4) is 5.69 Å². The molecule has 3 atom stereocenters. The first-order valence-electron chi connectivity index (χ1n) is 11.9. The van der Waals surface area contributed by atoms with Crippen LogP contribution in [0.25, 0.3) is 11.8 Å². The SMILES string of the molecule is C[C@]12Cc3cnn(-c4ccc(F)cc4)c3C=C1CC[C@@H]2CN(CCC(N)C(F)(F)F)S(=O)(=O)CC(F)(F)F. The van der Waals surface area contributed by atoms with Gasteiger partial charge in [0.2, 0.25) is 10.0 Å². The van der Waals surface area contributed by atoms with E-state index in [4.69, 9.17) is 5.73 Å². The summed E-state index contributed by atoms with van der Waals surface area (Å²) in [7, 11) is -4.95. The van der Waals surface area contributed by atoms with Crippen LogP contribution in [0.3, 0.4) is 0 Å². The maximum atomic E-state index is 13.4. The van der Waals surface area contributed by atoms with Gasteiger partial charge in [-0.1, -0.05) is 12.5 Å². The zero-order valence-corrected chi connectivity index (χ0v) is 21.2. The van der Waals surface area contributed by atoms with Gasteiger partial charge in [-0.2, -0.15) is 31.4 Å². The zero-order chi connectivity index (χ0) is 28.1. The molecule has 38 heavy (non-hydrogen) atoms. The highest BCUT2D eigenvalue weighted by atomic mass is 32.2. The van der Waals surface area contributed by atoms with Gasteiger partial charge in [-0.25, -0.2) is 21.8 Å². The Morgan fingerprint density at radius 2 is 1.84 bits per heavy atom. The molecule has 2 aliphatic rings. The van der Waals surface area contributed by atoms with Crippen molar-refractivity contribution in [1.29, 1.82) is 0 Å². The van der Waals surface area contributed by atoms with Crippen LogP contribution in [0.15, 0.2) is 36.0 Å². The Bertz CT molecular complexity index is 1300. The lowest BCUT2D eigenvalue weighted by Gasteiger charge is -2.38. The van der Waals surface area contributed by atoms with Crippen molar-refractivity contribution in [2.24, 2.45) is 17.1 Å². The molecule has 0 spiro atoms. The summed E-state index contributed by atoms with van der Waals surface area (Å²) in [5, 5.41) is 4.39. The summed E-state index contributed by atoms with van der Waals surface area (Å²) in [6.07, 6.45) is -5.79. The fourth-order valence-electron chi connectivity index (χ4n) is 5.35. The van der Waals surface area contributed by atoms with Gasteiger partial charge in [0.05, 0.1) is 17.6 Å². The summed E-state index contributed by atoms with van der Waals surface area (Å²) < 4.78 is 119. The highest BCUT2D eigenvalue weighted by molar-refractivity contribution is 7.89. The predicted octanol–water partition coefficient (Wildman–Crippen LogP) is 4.84. The van der Waals surface area contributed by atoms with Gasteiger partial charge in [-0.3, -0.25) is 0 Å². The molecular weight excluding hydrogens is 541 g/mol. The summed E-state index contributed by atoms with van der Waals surface area (Å²) in [5.74, 6) is -3.01. The number of hydrogen-bond acceptors (Lipinski definition) is 4. The van der Waals surface area contributed by atoms with Crippen LogP contribution >= 0.6 is 0 Å². The molecular formula is C24H27F7N4O2S. The smallest absolute Gasteiger partial charge is 0.320 e. The van der Waals surface area contributed by atoms with Crippen LogP contribution in [0.4, 0.5) is 30.7 Å². The van der Waals surface area contributed by atoms with Crippen molar-refractivity contribution >= 4 is 16.1 Å². The second kappa shape index (κ2) is 9.94. The molecule has 0 aliphatic heterocycles. The van der Waals surface area contributed by atoms with Crippen molar-refractivity contribution in [1.82, 2.24) is 14.1 Å². The van der Waals surface area contributed by atoms with Crippen molar-refractivity contribution < 1.29 is 39.2 Å². The fourth-order valence-corrected chi connectivity index (χ4v) is 6.74. The molecule has 2 aromatic rings. The standard InChI is InChI=1S/C24H27F7N4O2S/c1-22-11-15-12-33-35(19-6-4-18(25)5-7-19)20(15)10-16(22)2-3-17(22)13-34(9-8-21(32)24(29,30)31)38(36,37)14-23(26,27)28/h4-7,10,12,17,21H,2-3,8-9,11,13-14,32H2,1H3/t17-,21?,22+/m1/s1. The Labute approximate surface area is 215 Å². The Hall–Kier alpha value is -2.45. The van der Waals surface area contributed by atoms with E-state index in [0.29, 0.717) is 29.3 Å². The number of hydrogen-bond donors (Lipinski definition) is 1. The number of rotatable bonds is 8. The number of halogens is 7. The topological polar surface area (TPSA) is 81.2 Å². The quantitative estimate of drug-likeness (QED) is 0.463. The minimum atomic E-state index is -5.05. The minimum absolute atomic E-state index is 0.363. The second-order valence-electron chi connectivity index (χ2n) is 10.1. The molecule has 0 amide bonds. The predicted molar refractivity (Wildman–Crippen MR) is 126 cm³/mol. The number of nitrogens with two attached hydrogens (primary N) is 1. The lowest BCUT2D eigenvalue weighted by atomic mass is 9.70. The highest BCUT2D eigenvalue weighted by Gasteiger charge is 2.48. The zero-order valence-electron chi connectivity index (χ0n) is 20.4. The van der Waals surface area contributed by atoms with Gasteiger partial charge >= 0.3 is 12.4 Å². The molecule has 1 aromatic carbocycles. The summed E-state index contributed by atoms with van der Waals surface area (Å²) in [5.41, 5.74) is 7.63. The molecule has 0 bridgehead atoms. The lowest BCUT2D eigenvalue weighted by molar-refractivity contribution is -0.149. The van der Waals surface area contributed by atoms with E-state index < -0.39 is 64.3 Å². The molecule has 1 aromatic heterocycles. The van der Waals surface area contributed by atoms with E-state index in [2.05, 4.69) is 5.10 Å². The lowest BCUT2D eigenvalue weighted by Crippen LogP contribution is -2.46. The molecule has 1 fully saturated rings. The number of aromatic nitrogens is 2. The molecule has 0 radical (unpaired) electrons. The van der Waals surface area contributed by atoms with E-state index in [1.54, 1.807) is 23.0 Å². The van der Waals surface area contributed by atoms with Crippen molar-refractivity contribution in [2.75, 3.05) is 18.8 Å². The maximum absolute atomic E-state index is 13.4. The Balaban J connectivity index is 1.59. The molecule has 2 N–H and O–H groups in total. The minimum Gasteiger partial charge on any atom is -0.320 e. The maximum Gasteiger partial charge on any atom is 0.404 e. The largest absolute Gasteiger partial charge is 0.404 e. The van der Waals surface area contributed by atoms with Crippen LogP contribution < -0.4 is 5.73 Å². The van der Waals surface area contributed by atoms with E-state index in [9.17, 15) is 39.2 Å². The molecule has 2 aliphatic carbocycles. The fraction of sp³-hybridized carbons (Fsp3) is 0.542. The second-order valence-corrected chi connectivity index (χ2v) is 12.1. The Morgan fingerprint density at radius 3 is 2.45 bits per heavy atom. The van der Waals surface area contributed by atoms with Crippen LogP contribution in [0.5, 0.6) is 0 Å². The van der Waals surface area contributed by atoms with Crippen LogP contribution in [0.2, 0.25) is 0 Å². The van der Waals surface area contributed by atoms with Gasteiger partial charge in [0.25, 0.3) is 0 Å². The van der Waals surface area contributed by atoms with Gasteiger partial charge in [-0.15, -0.1) is 0 Å². The third-order valence-electron chi connectivity index (χ3n) is 7.50. The third kappa shape index (κ3) is 5.91. The molecule has 1 heterocycles. The van der Waals surface area contributed by atoms with E-state index in [-0.39, 0.29) is 6.54 Å². The summed E-state index contributed by atoms with van der Waals surface area (Å²) in [6, 6.07) is 3.38. The van der Waals surface area contributed by atoms with Crippen molar-refractivity contribution in [3.05, 3.63) is 53.1 Å². The van der Waals surface area contributed by atoms with Gasteiger partial charge in [0, 0.05) is 13.1 Å². The van der Waals surface area contributed by atoms with E-state index >= 15 is 0 Å². The first kappa shape index (κ1) is 28.6. The number of sulfonamides is 1. The summed E-state index contributed by atoms with van der Waals surface area (Å²) in [6.45, 7) is 0.738. The molecule has 4 rings (SSSR count). The number of nitrogens with zero attached hydrogens (tertiary/aromatic N) is 3. The van der Waals surface area contributed by atoms with Crippen LogP contribution in [-0.4, -0.2) is 59.7 Å². The van der Waals surface area contributed by atoms with Gasteiger partial charge in [0.15, 0.2) is 5.75 Å². The third-order valence-corrected chi connectivity index (χ3v) is 9.31. The number of allylic oxidation sites excluding steroid dienone is 1. The summed E-state index contributed by atoms with van der Waals surface area (Å²) >= 11 is 0. The number of fused-ring (bicyclic) bond motifs is 2. The average molecular weight is 569 g/mol. The van der Waals surface area contributed by atoms with Crippen LogP contribution in [0.1, 0.15) is 37.4 Å². The Morgan fingerprint density at radius 1 is 1.18 bits per heavy atom. The first-order chi connectivity index (χ1) is 17.5. The van der Waals surface area contributed by atoms with E-state index in [0.717, 1.165) is 16.8 Å². The summed E-state index contributed by atoms with van der Waals surface area (Å²) in [4.78, 5) is 0. The monoisotopic (exact) mass is 568 g/mol. The molecule has 210 valence electrons. The van der Waals surface area contributed by atoms with Gasteiger partial charge in [-0.05, 0) is 72.9 Å². The molecule has 0 saturated heterocycles. The van der Waals surface area contributed by atoms with Crippen LogP contribution in [0, 0.1) is 17.2 Å². The normalized spacial score (nSPS) is 22.8. The number of benzene rings is 1. The molecule has 1 saturated carbocycles. The Kier molecular flexibility index (Phi) is 7.47. The van der Waals surface area contributed by atoms with E-state index in [1.165, 1.54) is 12.1 Å². The van der Waals surface area contributed by atoms with Gasteiger partial charge < -0.3 is 5.73 Å². The van der Waals surface area contributed by atoms with Crippen LogP contribution in [-0.2, 0) is 16.4 Å².